The molecule has 7 heteroatoms. The Bertz CT molecular complexity index is 681. The summed E-state index contributed by atoms with van der Waals surface area (Å²) >= 11 is 1.51. The highest BCUT2D eigenvalue weighted by atomic mass is 32.2. The number of sulfonamides is 1. The average Bonchev–Trinajstić information content (AvgIpc) is 2.86. The van der Waals surface area contributed by atoms with E-state index in [1.54, 1.807) is 30.6 Å². The van der Waals surface area contributed by atoms with Gasteiger partial charge in [0.2, 0.25) is 10.0 Å². The minimum absolute atomic E-state index is 0.267. The number of nitrogens with zero attached hydrogens (tertiary/aromatic N) is 1. The first-order valence-electron chi connectivity index (χ1n) is 6.71. The molecule has 0 saturated carbocycles. The van der Waals surface area contributed by atoms with Crippen LogP contribution in [0.3, 0.4) is 0 Å². The fourth-order valence-corrected chi connectivity index (χ4v) is 4.50. The summed E-state index contributed by atoms with van der Waals surface area (Å²) in [4.78, 5) is 6.12. The van der Waals surface area contributed by atoms with Crippen molar-refractivity contribution in [2.24, 2.45) is 0 Å². The van der Waals surface area contributed by atoms with Gasteiger partial charge in [0.15, 0.2) is 0 Å². The molecule has 2 rings (SSSR count). The van der Waals surface area contributed by atoms with E-state index in [4.69, 9.17) is 0 Å². The number of hydrogen-bond donors (Lipinski definition) is 2. The molecule has 2 N–H and O–H groups in total. The lowest BCUT2D eigenvalue weighted by Gasteiger charge is -2.06. The van der Waals surface area contributed by atoms with Crippen molar-refractivity contribution in [3.8, 4) is 0 Å². The van der Waals surface area contributed by atoms with Crippen molar-refractivity contribution < 1.29 is 8.42 Å². The molecule has 21 heavy (non-hydrogen) atoms. The molecule has 114 valence electrons. The first kappa shape index (κ1) is 16.1. The van der Waals surface area contributed by atoms with Gasteiger partial charge < -0.3 is 5.32 Å². The van der Waals surface area contributed by atoms with E-state index in [2.05, 4.69) is 15.0 Å². The average molecular weight is 325 g/mol. The maximum Gasteiger partial charge on any atom is 0.241 e. The molecular formula is C14H19N3O2S2. The number of pyridine rings is 1. The van der Waals surface area contributed by atoms with Crippen LogP contribution in [-0.2, 0) is 23.1 Å². The first-order valence-corrected chi connectivity index (χ1v) is 9.01. The maximum atomic E-state index is 12.4. The Kier molecular flexibility index (Phi) is 5.46. The number of hydrogen-bond acceptors (Lipinski definition) is 5. The van der Waals surface area contributed by atoms with Crippen molar-refractivity contribution in [3.05, 3.63) is 45.9 Å². The molecule has 0 aliphatic rings. The van der Waals surface area contributed by atoms with E-state index in [1.807, 2.05) is 13.8 Å². The monoisotopic (exact) mass is 325 g/mol. The summed E-state index contributed by atoms with van der Waals surface area (Å²) in [6, 6.07) is 5.33. The molecule has 2 aromatic rings. The van der Waals surface area contributed by atoms with Crippen LogP contribution in [0.5, 0.6) is 0 Å². The highest BCUT2D eigenvalue weighted by molar-refractivity contribution is 7.89. The predicted molar refractivity (Wildman–Crippen MR) is 84.7 cm³/mol. The quantitative estimate of drug-likeness (QED) is 0.817. The van der Waals surface area contributed by atoms with Gasteiger partial charge in [-0.15, -0.1) is 11.3 Å². The van der Waals surface area contributed by atoms with Crippen molar-refractivity contribution in [1.82, 2.24) is 15.0 Å². The van der Waals surface area contributed by atoms with Crippen LogP contribution in [0.1, 0.15) is 22.2 Å². The molecule has 0 unspecified atom stereocenters. The van der Waals surface area contributed by atoms with Crippen LogP contribution in [0.15, 0.2) is 35.5 Å². The third-order valence-electron chi connectivity index (χ3n) is 2.98. The van der Waals surface area contributed by atoms with E-state index in [1.165, 1.54) is 11.3 Å². The van der Waals surface area contributed by atoms with Crippen LogP contribution < -0.4 is 10.0 Å². The van der Waals surface area contributed by atoms with Gasteiger partial charge in [0.05, 0.1) is 4.90 Å². The van der Waals surface area contributed by atoms with Gasteiger partial charge in [-0.25, -0.2) is 13.1 Å². The number of nitrogens with one attached hydrogen (secondary N) is 2. The second-order valence-electron chi connectivity index (χ2n) is 4.59. The van der Waals surface area contributed by atoms with Crippen LogP contribution in [0.25, 0.3) is 0 Å². The van der Waals surface area contributed by atoms with E-state index < -0.39 is 10.0 Å². The van der Waals surface area contributed by atoms with Gasteiger partial charge in [0, 0.05) is 35.2 Å². The van der Waals surface area contributed by atoms with Crippen LogP contribution in [0.4, 0.5) is 0 Å². The Hall–Kier alpha value is -1.28. The fourth-order valence-electron chi connectivity index (χ4n) is 1.88. The first-order chi connectivity index (χ1) is 10.0. The van der Waals surface area contributed by atoms with Gasteiger partial charge in [0.1, 0.15) is 0 Å². The molecule has 0 bridgehead atoms. The lowest BCUT2D eigenvalue weighted by molar-refractivity contribution is 0.581. The van der Waals surface area contributed by atoms with Crippen molar-refractivity contribution in [2.45, 2.75) is 31.8 Å². The zero-order chi connectivity index (χ0) is 15.3. The topological polar surface area (TPSA) is 71.1 Å². The summed E-state index contributed by atoms with van der Waals surface area (Å²) < 4.78 is 27.4. The van der Waals surface area contributed by atoms with Gasteiger partial charge in [-0.1, -0.05) is 6.92 Å². The van der Waals surface area contributed by atoms with E-state index in [0.29, 0.717) is 11.4 Å². The van der Waals surface area contributed by atoms with Gasteiger partial charge in [-0.2, -0.15) is 0 Å². The molecule has 2 aromatic heterocycles. The minimum Gasteiger partial charge on any atom is -0.312 e. The number of aromatic nitrogens is 1. The van der Waals surface area contributed by atoms with Crippen molar-refractivity contribution in [3.63, 3.8) is 0 Å². The predicted octanol–water partition coefficient (Wildman–Crippen LogP) is 2.04. The van der Waals surface area contributed by atoms with Crippen molar-refractivity contribution >= 4 is 21.4 Å². The molecule has 0 aliphatic heterocycles. The Morgan fingerprint density at radius 2 is 1.95 bits per heavy atom. The van der Waals surface area contributed by atoms with E-state index >= 15 is 0 Å². The maximum absolute atomic E-state index is 12.4. The summed E-state index contributed by atoms with van der Waals surface area (Å²) in [5.41, 5.74) is 0.884. The van der Waals surface area contributed by atoms with Crippen LogP contribution in [0, 0.1) is 6.92 Å². The summed E-state index contributed by atoms with van der Waals surface area (Å²) in [6.45, 7) is 5.68. The lowest BCUT2D eigenvalue weighted by Crippen LogP contribution is -2.23. The molecule has 0 aliphatic carbocycles. The van der Waals surface area contributed by atoms with Crippen LogP contribution >= 0.6 is 11.3 Å². The molecule has 5 nitrogen and oxygen atoms in total. The highest BCUT2D eigenvalue weighted by Gasteiger charge is 2.19. The van der Waals surface area contributed by atoms with Gasteiger partial charge in [-0.3, -0.25) is 4.98 Å². The smallest absolute Gasteiger partial charge is 0.241 e. The Balaban J connectivity index is 2.10. The SMILES string of the molecule is CCNCc1cc(S(=O)(=O)NCc2ccncc2)c(C)s1. The molecule has 0 amide bonds. The Labute approximate surface area is 129 Å². The molecule has 2 heterocycles. The van der Waals surface area contributed by atoms with E-state index in [9.17, 15) is 8.42 Å². The standard InChI is InChI=1S/C14H19N3O2S2/c1-3-15-10-13-8-14(11(2)20-13)21(18,19)17-9-12-4-6-16-7-5-12/h4-8,15,17H,3,9-10H2,1-2H3. The third-order valence-corrected chi connectivity index (χ3v) is 5.68. The van der Waals surface area contributed by atoms with Gasteiger partial charge in [0.25, 0.3) is 0 Å². The second-order valence-corrected chi connectivity index (χ2v) is 7.67. The highest BCUT2D eigenvalue weighted by Crippen LogP contribution is 2.25. The van der Waals surface area contributed by atoms with Gasteiger partial charge >= 0.3 is 0 Å². The zero-order valence-corrected chi connectivity index (χ0v) is 13.7. The van der Waals surface area contributed by atoms with Crippen LogP contribution in [-0.4, -0.2) is 19.9 Å². The summed E-state index contributed by atoms with van der Waals surface area (Å²) in [6.07, 6.45) is 3.29. The number of rotatable bonds is 7. The number of aryl methyl sites for hydroxylation is 1. The van der Waals surface area contributed by atoms with Crippen molar-refractivity contribution in [1.29, 1.82) is 0 Å². The summed E-state index contributed by atoms with van der Waals surface area (Å²) in [5.74, 6) is 0. The largest absolute Gasteiger partial charge is 0.312 e. The second kappa shape index (κ2) is 7.13. The molecule has 0 fully saturated rings. The molecular weight excluding hydrogens is 306 g/mol. The van der Waals surface area contributed by atoms with Crippen molar-refractivity contribution in [2.75, 3.05) is 6.54 Å². The molecule has 0 saturated heterocycles. The molecule has 0 spiro atoms. The van der Waals surface area contributed by atoms with Crippen LogP contribution in [0.2, 0.25) is 0 Å². The van der Waals surface area contributed by atoms with Gasteiger partial charge in [-0.05, 0) is 37.2 Å². The third kappa shape index (κ3) is 4.34. The Morgan fingerprint density at radius 1 is 1.24 bits per heavy atom. The lowest BCUT2D eigenvalue weighted by atomic mass is 10.3. The molecule has 0 radical (unpaired) electrons. The molecule has 0 aromatic carbocycles. The summed E-state index contributed by atoms with van der Waals surface area (Å²) in [5, 5.41) is 3.20. The summed E-state index contributed by atoms with van der Waals surface area (Å²) in [7, 11) is -3.48. The minimum atomic E-state index is -3.48. The van der Waals surface area contributed by atoms with E-state index in [0.717, 1.165) is 21.9 Å². The normalized spacial score (nSPS) is 11.7. The fraction of sp³-hybridized carbons (Fsp3) is 0.357. The van der Waals surface area contributed by atoms with E-state index in [-0.39, 0.29) is 6.54 Å². The number of thiophene rings is 1. The zero-order valence-electron chi connectivity index (χ0n) is 12.1. The Morgan fingerprint density at radius 3 is 2.62 bits per heavy atom. The molecule has 0 atom stereocenters.